The van der Waals surface area contributed by atoms with Crippen LogP contribution in [-0.4, -0.2) is 35.2 Å². The summed E-state index contributed by atoms with van der Waals surface area (Å²) in [6.45, 7) is 3.18. The number of carbonyl (C=O) groups is 2. The highest BCUT2D eigenvalue weighted by Crippen LogP contribution is 2.33. The number of carbonyl (C=O) groups excluding carboxylic acids is 1. The van der Waals surface area contributed by atoms with Crippen molar-refractivity contribution in [1.82, 2.24) is 4.90 Å². The molecule has 5 heteroatoms. The second-order valence-corrected chi connectivity index (χ2v) is 5.65. The van der Waals surface area contributed by atoms with E-state index in [2.05, 4.69) is 0 Å². The van der Waals surface area contributed by atoms with Crippen LogP contribution in [-0.2, 0) is 9.53 Å². The lowest BCUT2D eigenvalue weighted by atomic mass is 9.81. The molecule has 0 aliphatic carbocycles. The number of allylic oxidation sites excluding steroid dienone is 2. The molecule has 1 aliphatic heterocycles. The van der Waals surface area contributed by atoms with Gasteiger partial charge in [-0.05, 0) is 31.1 Å². The number of aliphatic carboxylic acids is 1. The summed E-state index contributed by atoms with van der Waals surface area (Å²) in [5, 5.41) is 9.49. The average molecular weight is 301 g/mol. The SMILES string of the molecule is COC(=O)N1C=CC(c2ccccc2)=CC1C(C)(C)C(=O)O. The minimum atomic E-state index is -1.15. The molecule has 1 amide bonds. The molecule has 0 spiro atoms. The van der Waals surface area contributed by atoms with Crippen molar-refractivity contribution in [1.29, 1.82) is 0 Å². The first-order valence-corrected chi connectivity index (χ1v) is 6.93. The number of hydrogen-bond donors (Lipinski definition) is 1. The average Bonchev–Trinajstić information content (AvgIpc) is 2.54. The van der Waals surface area contributed by atoms with Crippen LogP contribution in [0, 0.1) is 5.41 Å². The topological polar surface area (TPSA) is 66.8 Å². The van der Waals surface area contributed by atoms with Gasteiger partial charge in [0.15, 0.2) is 0 Å². The molecule has 1 atom stereocenters. The van der Waals surface area contributed by atoms with E-state index in [-0.39, 0.29) is 0 Å². The third-order valence-electron chi connectivity index (χ3n) is 3.83. The molecule has 0 saturated carbocycles. The Balaban J connectivity index is 2.46. The van der Waals surface area contributed by atoms with Gasteiger partial charge in [-0.2, -0.15) is 0 Å². The molecular formula is C17H19NO4. The maximum Gasteiger partial charge on any atom is 0.414 e. The van der Waals surface area contributed by atoms with Crippen molar-refractivity contribution in [3.8, 4) is 0 Å². The fraction of sp³-hybridized carbons (Fsp3) is 0.294. The van der Waals surface area contributed by atoms with Gasteiger partial charge in [0.2, 0.25) is 0 Å². The number of nitrogens with zero attached hydrogens (tertiary/aromatic N) is 1. The number of ether oxygens (including phenoxy) is 1. The molecule has 1 N–H and O–H groups in total. The summed E-state index contributed by atoms with van der Waals surface area (Å²) in [7, 11) is 1.28. The highest BCUT2D eigenvalue weighted by molar-refractivity contribution is 5.83. The molecule has 0 fully saturated rings. The van der Waals surface area contributed by atoms with Crippen LogP contribution in [0.15, 0.2) is 48.7 Å². The van der Waals surface area contributed by atoms with Crippen LogP contribution in [0.3, 0.4) is 0 Å². The molecule has 2 rings (SSSR count). The second kappa shape index (κ2) is 6.05. The van der Waals surface area contributed by atoms with Gasteiger partial charge < -0.3 is 9.84 Å². The van der Waals surface area contributed by atoms with Crippen molar-refractivity contribution in [3.63, 3.8) is 0 Å². The van der Waals surface area contributed by atoms with Gasteiger partial charge in [0, 0.05) is 6.20 Å². The molecule has 1 aliphatic rings. The maximum atomic E-state index is 11.9. The van der Waals surface area contributed by atoms with Crippen LogP contribution >= 0.6 is 0 Å². The van der Waals surface area contributed by atoms with Gasteiger partial charge in [-0.25, -0.2) is 4.79 Å². The van der Waals surface area contributed by atoms with E-state index in [9.17, 15) is 14.7 Å². The summed E-state index contributed by atoms with van der Waals surface area (Å²) in [5.41, 5.74) is 0.688. The fourth-order valence-electron chi connectivity index (χ4n) is 2.34. The van der Waals surface area contributed by atoms with E-state index in [1.807, 2.05) is 30.3 Å². The Hall–Kier alpha value is -2.56. The number of carboxylic acids is 1. The molecular weight excluding hydrogens is 282 g/mol. The Bertz CT molecular complexity index is 631. The maximum absolute atomic E-state index is 11.9. The molecule has 1 unspecified atom stereocenters. The van der Waals surface area contributed by atoms with Gasteiger partial charge in [-0.15, -0.1) is 0 Å². The Morgan fingerprint density at radius 1 is 1.23 bits per heavy atom. The quantitative estimate of drug-likeness (QED) is 0.931. The molecule has 0 radical (unpaired) electrons. The van der Waals surface area contributed by atoms with Crippen LogP contribution in [0.25, 0.3) is 5.57 Å². The second-order valence-electron chi connectivity index (χ2n) is 5.65. The summed E-state index contributed by atoms with van der Waals surface area (Å²) < 4.78 is 4.75. The van der Waals surface area contributed by atoms with E-state index in [1.54, 1.807) is 32.2 Å². The van der Waals surface area contributed by atoms with Crippen LogP contribution in [0.5, 0.6) is 0 Å². The minimum Gasteiger partial charge on any atom is -0.481 e. The number of carboxylic acid groups (broad SMARTS) is 1. The van der Waals surface area contributed by atoms with E-state index in [4.69, 9.17) is 4.74 Å². The zero-order chi connectivity index (χ0) is 16.3. The summed E-state index contributed by atoms with van der Waals surface area (Å²) in [5.74, 6) is -0.981. The van der Waals surface area contributed by atoms with E-state index in [0.717, 1.165) is 11.1 Å². The van der Waals surface area contributed by atoms with Gasteiger partial charge in [0.1, 0.15) is 0 Å². The van der Waals surface area contributed by atoms with Crippen LogP contribution < -0.4 is 0 Å². The van der Waals surface area contributed by atoms with Gasteiger partial charge in [0.05, 0.1) is 18.6 Å². The predicted molar refractivity (Wildman–Crippen MR) is 83.0 cm³/mol. The Kier molecular flexibility index (Phi) is 4.35. The smallest absolute Gasteiger partial charge is 0.414 e. The molecule has 0 aromatic heterocycles. The van der Waals surface area contributed by atoms with Crippen molar-refractivity contribution in [2.75, 3.05) is 7.11 Å². The molecule has 22 heavy (non-hydrogen) atoms. The molecule has 5 nitrogen and oxygen atoms in total. The van der Waals surface area contributed by atoms with E-state index < -0.39 is 23.5 Å². The Morgan fingerprint density at radius 2 is 1.86 bits per heavy atom. The number of hydrogen-bond acceptors (Lipinski definition) is 3. The third kappa shape index (κ3) is 2.88. The largest absolute Gasteiger partial charge is 0.481 e. The molecule has 0 saturated heterocycles. The van der Waals surface area contributed by atoms with E-state index >= 15 is 0 Å². The summed E-state index contributed by atoms with van der Waals surface area (Å²) >= 11 is 0. The zero-order valence-corrected chi connectivity index (χ0v) is 12.8. The van der Waals surface area contributed by atoms with E-state index in [1.165, 1.54) is 12.0 Å². The normalized spacial score (nSPS) is 17.9. The van der Waals surface area contributed by atoms with Crippen molar-refractivity contribution in [2.45, 2.75) is 19.9 Å². The lowest BCUT2D eigenvalue weighted by molar-refractivity contribution is -0.148. The first kappa shape index (κ1) is 15.8. The standard InChI is InChI=1S/C17H19NO4/c1-17(2,15(19)20)14-11-13(12-7-5-4-6-8-12)9-10-18(14)16(21)22-3/h4-11,14H,1-3H3,(H,19,20). The molecule has 1 aromatic rings. The van der Waals surface area contributed by atoms with Crippen LogP contribution in [0.2, 0.25) is 0 Å². The number of rotatable bonds is 3. The Labute approximate surface area is 129 Å². The zero-order valence-electron chi connectivity index (χ0n) is 12.8. The fourth-order valence-corrected chi connectivity index (χ4v) is 2.34. The van der Waals surface area contributed by atoms with Crippen molar-refractivity contribution < 1.29 is 19.4 Å². The van der Waals surface area contributed by atoms with E-state index in [0.29, 0.717) is 0 Å². The Morgan fingerprint density at radius 3 is 2.41 bits per heavy atom. The summed E-state index contributed by atoms with van der Waals surface area (Å²) in [4.78, 5) is 24.8. The summed E-state index contributed by atoms with van der Waals surface area (Å²) in [6.07, 6.45) is 4.56. The van der Waals surface area contributed by atoms with Crippen molar-refractivity contribution in [3.05, 3.63) is 54.2 Å². The highest BCUT2D eigenvalue weighted by atomic mass is 16.5. The molecule has 1 aromatic carbocycles. The van der Waals surface area contributed by atoms with Crippen molar-refractivity contribution >= 4 is 17.6 Å². The highest BCUT2D eigenvalue weighted by Gasteiger charge is 2.42. The lowest BCUT2D eigenvalue weighted by Gasteiger charge is -2.37. The van der Waals surface area contributed by atoms with Gasteiger partial charge in [-0.3, -0.25) is 9.69 Å². The number of methoxy groups -OCH3 is 1. The van der Waals surface area contributed by atoms with Crippen LogP contribution in [0.4, 0.5) is 4.79 Å². The van der Waals surface area contributed by atoms with Gasteiger partial charge in [0.25, 0.3) is 0 Å². The first-order valence-electron chi connectivity index (χ1n) is 6.93. The van der Waals surface area contributed by atoms with Crippen LogP contribution in [0.1, 0.15) is 19.4 Å². The first-order chi connectivity index (χ1) is 10.4. The monoisotopic (exact) mass is 301 g/mol. The lowest BCUT2D eigenvalue weighted by Crippen LogP contribution is -2.49. The number of amides is 1. The molecule has 0 bridgehead atoms. The van der Waals surface area contributed by atoms with Gasteiger partial charge >= 0.3 is 12.1 Å². The molecule has 116 valence electrons. The van der Waals surface area contributed by atoms with Crippen molar-refractivity contribution in [2.24, 2.45) is 5.41 Å². The number of benzene rings is 1. The summed E-state index contributed by atoms with van der Waals surface area (Å²) in [6, 6.07) is 8.97. The minimum absolute atomic E-state index is 0.584. The third-order valence-corrected chi connectivity index (χ3v) is 3.83. The predicted octanol–water partition coefficient (Wildman–Crippen LogP) is 3.15. The van der Waals surface area contributed by atoms with Gasteiger partial charge in [-0.1, -0.05) is 36.4 Å². The molecule has 1 heterocycles.